The molecular weight excluding hydrogens is 226 g/mol. The summed E-state index contributed by atoms with van der Waals surface area (Å²) in [5.41, 5.74) is 2.38. The highest BCUT2D eigenvalue weighted by Crippen LogP contribution is 2.24. The molecular formula is C15H23NO2. The molecule has 1 aromatic carbocycles. The average Bonchev–Trinajstić information content (AvgIpc) is 2.38. The first-order chi connectivity index (χ1) is 8.62. The van der Waals surface area contributed by atoms with Crippen molar-refractivity contribution in [3.8, 4) is 0 Å². The number of hydrogen-bond donors (Lipinski definition) is 1. The van der Waals surface area contributed by atoms with E-state index in [0.717, 1.165) is 25.1 Å². The Bertz CT molecular complexity index is 369. The molecule has 0 aromatic heterocycles. The Morgan fingerprint density at radius 2 is 1.72 bits per heavy atom. The summed E-state index contributed by atoms with van der Waals surface area (Å²) in [6.45, 7) is 7.99. The highest BCUT2D eigenvalue weighted by Gasteiger charge is 2.20. The summed E-state index contributed by atoms with van der Waals surface area (Å²) < 4.78 is 0. The molecule has 0 aliphatic carbocycles. The third kappa shape index (κ3) is 3.84. The molecule has 0 heterocycles. The lowest BCUT2D eigenvalue weighted by Gasteiger charge is -2.29. The maximum atomic E-state index is 11.0. The van der Waals surface area contributed by atoms with Crippen molar-refractivity contribution in [1.82, 2.24) is 4.90 Å². The Balaban J connectivity index is 2.96. The number of carbonyl (C=O) groups is 1. The first-order valence-electron chi connectivity index (χ1n) is 6.67. The molecule has 0 bridgehead atoms. The lowest BCUT2D eigenvalue weighted by Crippen LogP contribution is -2.30. The fraction of sp³-hybridized carbons (Fsp3) is 0.533. The number of benzene rings is 1. The van der Waals surface area contributed by atoms with Gasteiger partial charge in [0.2, 0.25) is 0 Å². The normalized spacial score (nSPS) is 12.7. The fourth-order valence-corrected chi connectivity index (χ4v) is 2.26. The molecule has 0 aliphatic rings. The second-order valence-electron chi connectivity index (χ2n) is 4.43. The molecule has 0 amide bonds. The molecule has 100 valence electrons. The van der Waals surface area contributed by atoms with Gasteiger partial charge in [0.15, 0.2) is 0 Å². The predicted octanol–water partition coefficient (Wildman–Crippen LogP) is 3.11. The predicted molar refractivity (Wildman–Crippen MR) is 73.7 cm³/mol. The van der Waals surface area contributed by atoms with Gasteiger partial charge < -0.3 is 5.11 Å². The zero-order chi connectivity index (χ0) is 13.5. The van der Waals surface area contributed by atoms with E-state index in [1.54, 1.807) is 0 Å². The Kier molecular flexibility index (Phi) is 5.86. The van der Waals surface area contributed by atoms with E-state index >= 15 is 0 Å². The van der Waals surface area contributed by atoms with Gasteiger partial charge in [0.05, 0.1) is 6.42 Å². The topological polar surface area (TPSA) is 40.5 Å². The largest absolute Gasteiger partial charge is 0.481 e. The second kappa shape index (κ2) is 7.17. The van der Waals surface area contributed by atoms with E-state index in [1.165, 1.54) is 5.56 Å². The quantitative estimate of drug-likeness (QED) is 0.807. The van der Waals surface area contributed by atoms with Crippen molar-refractivity contribution in [2.24, 2.45) is 0 Å². The van der Waals surface area contributed by atoms with Crippen LogP contribution in [0.5, 0.6) is 0 Å². The van der Waals surface area contributed by atoms with Crippen LogP contribution in [0.3, 0.4) is 0 Å². The van der Waals surface area contributed by atoms with E-state index in [1.807, 2.05) is 0 Å². The number of aliphatic carboxylic acids is 1. The molecule has 1 aromatic rings. The van der Waals surface area contributed by atoms with Gasteiger partial charge >= 0.3 is 5.97 Å². The van der Waals surface area contributed by atoms with Crippen LogP contribution in [0, 0.1) is 0 Å². The highest BCUT2D eigenvalue weighted by atomic mass is 16.4. The van der Waals surface area contributed by atoms with Gasteiger partial charge in [-0.15, -0.1) is 0 Å². The Morgan fingerprint density at radius 1 is 1.17 bits per heavy atom. The van der Waals surface area contributed by atoms with Gasteiger partial charge in [-0.25, -0.2) is 0 Å². The molecule has 3 heteroatoms. The molecule has 18 heavy (non-hydrogen) atoms. The smallest absolute Gasteiger partial charge is 0.305 e. The third-order valence-electron chi connectivity index (χ3n) is 3.39. The van der Waals surface area contributed by atoms with Crippen LogP contribution in [-0.2, 0) is 11.2 Å². The molecule has 3 nitrogen and oxygen atoms in total. The van der Waals surface area contributed by atoms with Crippen LogP contribution < -0.4 is 0 Å². The molecule has 1 N–H and O–H groups in total. The molecule has 1 unspecified atom stereocenters. The summed E-state index contributed by atoms with van der Waals surface area (Å²) in [4.78, 5) is 13.2. The molecule has 1 atom stereocenters. The summed E-state index contributed by atoms with van der Waals surface area (Å²) in [7, 11) is 0. The van der Waals surface area contributed by atoms with Crippen molar-refractivity contribution in [3.63, 3.8) is 0 Å². The molecule has 0 saturated carbocycles. The monoisotopic (exact) mass is 249 g/mol. The van der Waals surface area contributed by atoms with Gasteiger partial charge in [-0.2, -0.15) is 0 Å². The minimum absolute atomic E-state index is 0.0246. The van der Waals surface area contributed by atoms with E-state index in [2.05, 4.69) is 49.9 Å². The van der Waals surface area contributed by atoms with Gasteiger partial charge in [-0.3, -0.25) is 9.69 Å². The van der Waals surface area contributed by atoms with E-state index in [-0.39, 0.29) is 12.5 Å². The van der Waals surface area contributed by atoms with E-state index in [9.17, 15) is 4.79 Å². The summed E-state index contributed by atoms with van der Waals surface area (Å²) in [6.07, 6.45) is 1.17. The zero-order valence-corrected chi connectivity index (χ0v) is 11.5. The first kappa shape index (κ1) is 14.7. The van der Waals surface area contributed by atoms with Gasteiger partial charge in [0, 0.05) is 6.04 Å². The Labute approximate surface area is 109 Å². The molecule has 0 aliphatic heterocycles. The van der Waals surface area contributed by atoms with Gasteiger partial charge in [-0.1, -0.05) is 45.0 Å². The minimum atomic E-state index is -0.744. The van der Waals surface area contributed by atoms with Crippen LogP contribution in [-0.4, -0.2) is 29.1 Å². The Hall–Kier alpha value is -1.35. The number of carboxylic acids is 1. The number of rotatable bonds is 7. The fourth-order valence-electron chi connectivity index (χ4n) is 2.26. The molecule has 0 fully saturated rings. The number of nitrogens with zero attached hydrogens (tertiary/aromatic N) is 1. The maximum Gasteiger partial charge on any atom is 0.305 e. The lowest BCUT2D eigenvalue weighted by atomic mass is 10.00. The number of hydrogen-bond acceptors (Lipinski definition) is 2. The standard InChI is InChI=1S/C15H23NO2/c1-4-12-7-9-13(10-8-12)14(11-15(17)18)16(5-2)6-3/h7-10,14H,4-6,11H2,1-3H3,(H,17,18). The SMILES string of the molecule is CCc1ccc(C(CC(=O)O)N(CC)CC)cc1. The molecule has 0 radical (unpaired) electrons. The van der Waals surface area contributed by atoms with E-state index in [4.69, 9.17) is 5.11 Å². The molecule has 0 saturated heterocycles. The number of aryl methyl sites for hydroxylation is 1. The average molecular weight is 249 g/mol. The molecule has 1 rings (SSSR count). The third-order valence-corrected chi connectivity index (χ3v) is 3.39. The highest BCUT2D eigenvalue weighted by molar-refractivity contribution is 5.68. The van der Waals surface area contributed by atoms with Crippen LogP contribution in [0.1, 0.15) is 44.4 Å². The van der Waals surface area contributed by atoms with Crippen LogP contribution in [0.2, 0.25) is 0 Å². The zero-order valence-electron chi connectivity index (χ0n) is 11.5. The van der Waals surface area contributed by atoms with Crippen molar-refractivity contribution in [3.05, 3.63) is 35.4 Å². The van der Waals surface area contributed by atoms with Crippen LogP contribution >= 0.6 is 0 Å². The van der Waals surface area contributed by atoms with Crippen molar-refractivity contribution in [2.75, 3.05) is 13.1 Å². The lowest BCUT2D eigenvalue weighted by molar-refractivity contribution is -0.138. The van der Waals surface area contributed by atoms with Crippen molar-refractivity contribution >= 4 is 5.97 Å². The van der Waals surface area contributed by atoms with Crippen LogP contribution in [0.25, 0.3) is 0 Å². The van der Waals surface area contributed by atoms with Crippen LogP contribution in [0.4, 0.5) is 0 Å². The van der Waals surface area contributed by atoms with E-state index < -0.39 is 5.97 Å². The molecule has 0 spiro atoms. The first-order valence-corrected chi connectivity index (χ1v) is 6.67. The minimum Gasteiger partial charge on any atom is -0.481 e. The summed E-state index contributed by atoms with van der Waals surface area (Å²) in [5, 5.41) is 9.06. The van der Waals surface area contributed by atoms with E-state index in [0.29, 0.717) is 0 Å². The second-order valence-corrected chi connectivity index (χ2v) is 4.43. The van der Waals surface area contributed by atoms with Crippen LogP contribution in [0.15, 0.2) is 24.3 Å². The summed E-state index contributed by atoms with van der Waals surface area (Å²) >= 11 is 0. The van der Waals surface area contributed by atoms with Crippen molar-refractivity contribution in [1.29, 1.82) is 0 Å². The summed E-state index contributed by atoms with van der Waals surface area (Å²) in [5.74, 6) is -0.744. The number of carboxylic acid groups (broad SMARTS) is 1. The maximum absolute atomic E-state index is 11.0. The van der Waals surface area contributed by atoms with Crippen molar-refractivity contribution in [2.45, 2.75) is 39.7 Å². The Morgan fingerprint density at radius 3 is 2.11 bits per heavy atom. The van der Waals surface area contributed by atoms with Gasteiger partial charge in [0.1, 0.15) is 0 Å². The van der Waals surface area contributed by atoms with Gasteiger partial charge in [0.25, 0.3) is 0 Å². The van der Waals surface area contributed by atoms with Gasteiger partial charge in [-0.05, 0) is 30.6 Å². The summed E-state index contributed by atoms with van der Waals surface area (Å²) in [6, 6.07) is 8.28. The van der Waals surface area contributed by atoms with Crippen molar-refractivity contribution < 1.29 is 9.90 Å².